The van der Waals surface area contributed by atoms with Crippen molar-refractivity contribution in [2.75, 3.05) is 17.2 Å². The van der Waals surface area contributed by atoms with Crippen molar-refractivity contribution in [3.63, 3.8) is 0 Å². The molecule has 0 aromatic heterocycles. The summed E-state index contributed by atoms with van der Waals surface area (Å²) in [4.78, 5) is 12.4. The van der Waals surface area contributed by atoms with Gasteiger partial charge in [0.2, 0.25) is 5.91 Å². The molecule has 0 bridgehead atoms. The molecule has 3 rings (SSSR count). The minimum absolute atomic E-state index is 0.109. The molecule has 1 amide bonds. The fourth-order valence-corrected chi connectivity index (χ4v) is 3.22. The Bertz CT molecular complexity index is 502. The van der Waals surface area contributed by atoms with Crippen LogP contribution in [0, 0.1) is 11.8 Å². The molecule has 4 nitrogen and oxygen atoms in total. The van der Waals surface area contributed by atoms with Gasteiger partial charge in [-0.3, -0.25) is 4.79 Å². The Kier molecular flexibility index (Phi) is 3.55. The van der Waals surface area contributed by atoms with Gasteiger partial charge < -0.3 is 16.0 Å². The summed E-state index contributed by atoms with van der Waals surface area (Å²) in [5, 5.41) is 9.86. The molecule has 0 radical (unpaired) electrons. The van der Waals surface area contributed by atoms with E-state index in [4.69, 9.17) is 0 Å². The van der Waals surface area contributed by atoms with Crippen molar-refractivity contribution in [2.24, 2.45) is 11.8 Å². The summed E-state index contributed by atoms with van der Waals surface area (Å²) in [5.41, 5.74) is 2.08. The van der Waals surface area contributed by atoms with Crippen LogP contribution in [0.1, 0.15) is 26.7 Å². The maximum atomic E-state index is 12.4. The molecule has 1 aromatic carbocycles. The Hall–Kier alpha value is -1.71. The third-order valence-electron chi connectivity index (χ3n) is 4.86. The van der Waals surface area contributed by atoms with Gasteiger partial charge in [-0.25, -0.2) is 0 Å². The molecule has 1 aromatic rings. The molecular formula is C16H23N3O. The Labute approximate surface area is 120 Å². The lowest BCUT2D eigenvalue weighted by atomic mass is 9.97. The van der Waals surface area contributed by atoms with E-state index < -0.39 is 0 Å². The summed E-state index contributed by atoms with van der Waals surface area (Å²) in [6.45, 7) is 5.15. The Morgan fingerprint density at radius 2 is 1.95 bits per heavy atom. The third-order valence-corrected chi connectivity index (χ3v) is 4.86. The number of carbonyl (C=O) groups is 1. The number of para-hydroxylation sites is 2. The molecule has 20 heavy (non-hydrogen) atoms. The van der Waals surface area contributed by atoms with Gasteiger partial charge in [0, 0.05) is 12.6 Å². The van der Waals surface area contributed by atoms with Gasteiger partial charge in [-0.2, -0.15) is 0 Å². The van der Waals surface area contributed by atoms with Crippen molar-refractivity contribution in [3.05, 3.63) is 24.3 Å². The minimum atomic E-state index is -0.187. The lowest BCUT2D eigenvalue weighted by Crippen LogP contribution is -2.50. The number of nitrogens with one attached hydrogen (secondary N) is 3. The molecule has 0 saturated heterocycles. The van der Waals surface area contributed by atoms with Crippen LogP contribution in [0.4, 0.5) is 11.4 Å². The van der Waals surface area contributed by atoms with Crippen LogP contribution in [0.5, 0.6) is 0 Å². The maximum absolute atomic E-state index is 12.4. The number of fused-ring (bicyclic) bond motifs is 1. The Balaban J connectivity index is 1.62. The molecule has 4 atom stereocenters. The summed E-state index contributed by atoms with van der Waals surface area (Å²) in [6, 6.07) is 8.15. The number of anilines is 2. The number of hydrogen-bond donors (Lipinski definition) is 3. The van der Waals surface area contributed by atoms with Crippen molar-refractivity contribution < 1.29 is 4.79 Å². The van der Waals surface area contributed by atoms with Crippen LogP contribution in [-0.2, 0) is 4.79 Å². The summed E-state index contributed by atoms with van der Waals surface area (Å²) in [6.07, 6.45) is 2.32. The minimum Gasteiger partial charge on any atom is -0.381 e. The topological polar surface area (TPSA) is 53.2 Å². The van der Waals surface area contributed by atoms with Crippen LogP contribution in [-0.4, -0.2) is 24.5 Å². The van der Waals surface area contributed by atoms with E-state index >= 15 is 0 Å². The molecule has 1 heterocycles. The first kappa shape index (κ1) is 13.3. The van der Waals surface area contributed by atoms with E-state index in [-0.39, 0.29) is 11.9 Å². The van der Waals surface area contributed by atoms with E-state index in [2.05, 4.69) is 29.8 Å². The normalized spacial score (nSPS) is 31.9. The van der Waals surface area contributed by atoms with Gasteiger partial charge in [0.15, 0.2) is 0 Å². The molecule has 1 fully saturated rings. The highest BCUT2D eigenvalue weighted by Crippen LogP contribution is 2.31. The van der Waals surface area contributed by atoms with Gasteiger partial charge in [-0.05, 0) is 36.8 Å². The molecule has 4 heteroatoms. The van der Waals surface area contributed by atoms with Gasteiger partial charge in [0.25, 0.3) is 0 Å². The average Bonchev–Trinajstić information content (AvgIpc) is 2.78. The zero-order chi connectivity index (χ0) is 14.1. The molecule has 0 spiro atoms. The number of rotatable bonds is 2. The number of benzene rings is 1. The quantitative estimate of drug-likeness (QED) is 0.776. The van der Waals surface area contributed by atoms with E-state index in [1.165, 1.54) is 6.42 Å². The van der Waals surface area contributed by atoms with Crippen molar-refractivity contribution in [2.45, 2.75) is 38.8 Å². The number of carbonyl (C=O) groups excluding carboxylic acids is 1. The second-order valence-corrected chi connectivity index (χ2v) is 6.15. The predicted octanol–water partition coefficient (Wildman–Crippen LogP) is 2.44. The van der Waals surface area contributed by atoms with Gasteiger partial charge in [0.1, 0.15) is 6.04 Å². The van der Waals surface area contributed by atoms with Crippen LogP contribution >= 0.6 is 0 Å². The molecular weight excluding hydrogens is 250 g/mol. The average molecular weight is 273 g/mol. The van der Waals surface area contributed by atoms with Crippen molar-refractivity contribution in [1.29, 1.82) is 0 Å². The maximum Gasteiger partial charge on any atom is 0.244 e. The highest BCUT2D eigenvalue weighted by atomic mass is 16.2. The van der Waals surface area contributed by atoms with E-state index in [1.807, 2.05) is 24.3 Å². The van der Waals surface area contributed by atoms with Crippen LogP contribution < -0.4 is 16.0 Å². The fraction of sp³-hybridized carbons (Fsp3) is 0.562. The lowest BCUT2D eigenvalue weighted by molar-refractivity contribution is -0.122. The van der Waals surface area contributed by atoms with E-state index in [1.54, 1.807) is 0 Å². The highest BCUT2D eigenvalue weighted by Gasteiger charge is 2.33. The molecule has 2 aliphatic rings. The summed E-state index contributed by atoms with van der Waals surface area (Å²) >= 11 is 0. The van der Waals surface area contributed by atoms with Crippen molar-refractivity contribution in [3.8, 4) is 0 Å². The monoisotopic (exact) mass is 273 g/mol. The first-order chi connectivity index (χ1) is 9.65. The predicted molar refractivity (Wildman–Crippen MR) is 81.8 cm³/mol. The molecule has 3 N–H and O–H groups in total. The van der Waals surface area contributed by atoms with E-state index in [0.29, 0.717) is 24.4 Å². The molecule has 1 saturated carbocycles. The third kappa shape index (κ3) is 2.47. The molecule has 108 valence electrons. The van der Waals surface area contributed by atoms with Gasteiger partial charge in [-0.1, -0.05) is 26.0 Å². The van der Waals surface area contributed by atoms with Crippen LogP contribution in [0.3, 0.4) is 0 Å². The SMILES string of the molecule is CC1CCC(NC(=O)C2CNc3ccccc3N2)C1C. The first-order valence-electron chi connectivity index (χ1n) is 7.55. The second-order valence-electron chi connectivity index (χ2n) is 6.15. The Morgan fingerprint density at radius 3 is 2.65 bits per heavy atom. The van der Waals surface area contributed by atoms with Crippen molar-refractivity contribution in [1.82, 2.24) is 5.32 Å². The summed E-state index contributed by atoms with van der Waals surface area (Å²) < 4.78 is 0. The van der Waals surface area contributed by atoms with Crippen LogP contribution in [0.25, 0.3) is 0 Å². The van der Waals surface area contributed by atoms with Crippen LogP contribution in [0.2, 0.25) is 0 Å². The molecule has 4 unspecified atom stereocenters. The van der Waals surface area contributed by atoms with Gasteiger partial charge in [-0.15, -0.1) is 0 Å². The lowest BCUT2D eigenvalue weighted by Gasteiger charge is -2.29. The standard InChI is InChI=1S/C16H23N3O/c1-10-7-8-12(11(10)2)19-16(20)15-9-17-13-5-3-4-6-14(13)18-15/h3-6,10-12,15,17-18H,7-9H2,1-2H3,(H,19,20). The van der Waals surface area contributed by atoms with Gasteiger partial charge >= 0.3 is 0 Å². The largest absolute Gasteiger partial charge is 0.381 e. The molecule has 1 aliphatic heterocycles. The zero-order valence-corrected chi connectivity index (χ0v) is 12.1. The van der Waals surface area contributed by atoms with E-state index in [9.17, 15) is 4.79 Å². The molecule has 1 aliphatic carbocycles. The highest BCUT2D eigenvalue weighted by molar-refractivity contribution is 5.88. The van der Waals surface area contributed by atoms with Crippen LogP contribution in [0.15, 0.2) is 24.3 Å². The number of hydrogen-bond acceptors (Lipinski definition) is 3. The first-order valence-corrected chi connectivity index (χ1v) is 7.55. The van der Waals surface area contributed by atoms with Crippen molar-refractivity contribution >= 4 is 17.3 Å². The summed E-state index contributed by atoms with van der Waals surface area (Å²) in [5.74, 6) is 1.39. The van der Waals surface area contributed by atoms with E-state index in [0.717, 1.165) is 17.8 Å². The summed E-state index contributed by atoms with van der Waals surface area (Å²) in [7, 11) is 0. The Morgan fingerprint density at radius 1 is 1.20 bits per heavy atom. The smallest absolute Gasteiger partial charge is 0.244 e. The van der Waals surface area contributed by atoms with Gasteiger partial charge in [0.05, 0.1) is 11.4 Å². The zero-order valence-electron chi connectivity index (χ0n) is 12.1. The fourth-order valence-electron chi connectivity index (χ4n) is 3.22. The second kappa shape index (κ2) is 5.35. The number of amides is 1.